The molecule has 0 saturated heterocycles. The summed E-state index contributed by atoms with van der Waals surface area (Å²) in [5.41, 5.74) is 1.11. The van der Waals surface area contributed by atoms with E-state index in [1.807, 2.05) is 6.07 Å². The van der Waals surface area contributed by atoms with Crippen LogP contribution in [0.4, 0.5) is 5.69 Å². The summed E-state index contributed by atoms with van der Waals surface area (Å²) in [6.07, 6.45) is 0. The van der Waals surface area contributed by atoms with Crippen molar-refractivity contribution in [3.05, 3.63) is 28.8 Å². The molecule has 0 aliphatic rings. The van der Waals surface area contributed by atoms with Crippen molar-refractivity contribution < 1.29 is 9.53 Å². The number of methoxy groups -OCH3 is 1. The lowest BCUT2D eigenvalue weighted by molar-refractivity contribution is -0.139. The third-order valence-electron chi connectivity index (χ3n) is 2.02. The Kier molecular flexibility index (Phi) is 5.26. The van der Waals surface area contributed by atoms with Crippen LogP contribution in [-0.2, 0) is 9.53 Å². The van der Waals surface area contributed by atoms with Gasteiger partial charge in [0.05, 0.1) is 29.5 Å². The molecule has 0 aromatic heterocycles. The van der Waals surface area contributed by atoms with Gasteiger partial charge in [-0.25, -0.2) is 0 Å². The Morgan fingerprint density at radius 3 is 3.00 bits per heavy atom. The van der Waals surface area contributed by atoms with E-state index >= 15 is 0 Å². The molecule has 0 bridgehead atoms. The van der Waals surface area contributed by atoms with Gasteiger partial charge in [0, 0.05) is 6.54 Å². The highest BCUT2D eigenvalue weighted by atomic mass is 79.9. The van der Waals surface area contributed by atoms with Crippen LogP contribution >= 0.6 is 27.5 Å². The molecule has 0 radical (unpaired) electrons. The minimum Gasteiger partial charge on any atom is -0.468 e. The van der Waals surface area contributed by atoms with Crippen LogP contribution in [-0.4, -0.2) is 24.5 Å². The molecular formula is C11H10BrClN2O2. The summed E-state index contributed by atoms with van der Waals surface area (Å²) < 4.78 is 4.56. The maximum absolute atomic E-state index is 11.1. The number of nitriles is 1. The zero-order valence-electron chi connectivity index (χ0n) is 9.04. The van der Waals surface area contributed by atoms with E-state index in [2.05, 4.69) is 26.0 Å². The molecule has 0 saturated carbocycles. The number of ether oxygens (including phenoxy) is 1. The first-order valence-electron chi connectivity index (χ1n) is 4.74. The lowest BCUT2D eigenvalue weighted by Crippen LogP contribution is -2.24. The van der Waals surface area contributed by atoms with E-state index < -0.39 is 4.83 Å². The van der Waals surface area contributed by atoms with Crippen LogP contribution in [0.3, 0.4) is 0 Å². The second-order valence-electron chi connectivity index (χ2n) is 3.18. The van der Waals surface area contributed by atoms with Crippen LogP contribution in [0.1, 0.15) is 5.56 Å². The molecule has 1 atom stereocenters. The van der Waals surface area contributed by atoms with Crippen molar-refractivity contribution in [1.82, 2.24) is 0 Å². The molecule has 0 spiro atoms. The van der Waals surface area contributed by atoms with Gasteiger partial charge in [-0.2, -0.15) is 5.26 Å². The number of benzene rings is 1. The normalized spacial score (nSPS) is 11.4. The monoisotopic (exact) mass is 316 g/mol. The summed E-state index contributed by atoms with van der Waals surface area (Å²) in [6, 6.07) is 6.89. The maximum Gasteiger partial charge on any atom is 0.321 e. The Morgan fingerprint density at radius 1 is 1.71 bits per heavy atom. The Labute approximate surface area is 113 Å². The number of carbonyl (C=O) groups excluding carboxylic acids is 1. The smallest absolute Gasteiger partial charge is 0.321 e. The SMILES string of the molecule is COC(=O)C(Br)CNc1cc(C#N)ccc1Cl. The Bertz CT molecular complexity index is 459. The number of halogens is 2. The molecule has 1 N–H and O–H groups in total. The Hall–Kier alpha value is -1.25. The average molecular weight is 318 g/mol. The van der Waals surface area contributed by atoms with Crippen molar-refractivity contribution in [1.29, 1.82) is 5.26 Å². The largest absolute Gasteiger partial charge is 0.468 e. The van der Waals surface area contributed by atoms with Crippen molar-refractivity contribution in [2.75, 3.05) is 19.0 Å². The van der Waals surface area contributed by atoms with Gasteiger partial charge in [-0.15, -0.1) is 0 Å². The van der Waals surface area contributed by atoms with Gasteiger partial charge in [-0.05, 0) is 18.2 Å². The molecule has 1 rings (SSSR count). The number of nitrogens with one attached hydrogen (secondary N) is 1. The van der Waals surface area contributed by atoms with Gasteiger partial charge in [-0.3, -0.25) is 4.79 Å². The molecule has 0 aliphatic carbocycles. The molecule has 0 aliphatic heterocycles. The second kappa shape index (κ2) is 6.48. The van der Waals surface area contributed by atoms with Crippen LogP contribution in [0.2, 0.25) is 5.02 Å². The summed E-state index contributed by atoms with van der Waals surface area (Å²) in [5.74, 6) is -0.370. The average Bonchev–Trinajstić information content (AvgIpc) is 2.36. The Morgan fingerprint density at radius 2 is 2.41 bits per heavy atom. The summed E-state index contributed by atoms with van der Waals surface area (Å²) >= 11 is 9.12. The highest BCUT2D eigenvalue weighted by Crippen LogP contribution is 2.23. The first-order chi connectivity index (χ1) is 8.08. The summed E-state index contributed by atoms with van der Waals surface area (Å²) in [4.78, 5) is 10.7. The van der Waals surface area contributed by atoms with Crippen LogP contribution in [0, 0.1) is 11.3 Å². The molecule has 90 valence electrons. The fourth-order valence-corrected chi connectivity index (χ4v) is 1.67. The van der Waals surface area contributed by atoms with E-state index in [1.165, 1.54) is 7.11 Å². The Balaban J connectivity index is 2.69. The third-order valence-corrected chi connectivity index (χ3v) is 3.05. The lowest BCUT2D eigenvalue weighted by Gasteiger charge is -2.11. The van der Waals surface area contributed by atoms with E-state index in [0.717, 1.165) is 0 Å². The van der Waals surface area contributed by atoms with Crippen molar-refractivity contribution in [2.24, 2.45) is 0 Å². The van der Waals surface area contributed by atoms with E-state index in [9.17, 15) is 4.79 Å². The predicted molar refractivity (Wildman–Crippen MR) is 69.4 cm³/mol. The number of hydrogen-bond acceptors (Lipinski definition) is 4. The molecule has 1 aromatic carbocycles. The summed E-state index contributed by atoms with van der Waals surface area (Å²) in [7, 11) is 1.32. The minimum absolute atomic E-state index is 0.321. The van der Waals surface area contributed by atoms with Gasteiger partial charge < -0.3 is 10.1 Å². The maximum atomic E-state index is 11.1. The molecule has 1 unspecified atom stereocenters. The molecule has 6 heteroatoms. The van der Waals surface area contributed by atoms with Gasteiger partial charge in [0.2, 0.25) is 0 Å². The first kappa shape index (κ1) is 13.8. The lowest BCUT2D eigenvalue weighted by atomic mass is 10.2. The van der Waals surface area contributed by atoms with Crippen LogP contribution in [0.15, 0.2) is 18.2 Å². The van der Waals surface area contributed by atoms with Gasteiger partial charge in [0.25, 0.3) is 0 Å². The van der Waals surface area contributed by atoms with Crippen LogP contribution in [0.5, 0.6) is 0 Å². The number of esters is 1. The summed E-state index contributed by atoms with van der Waals surface area (Å²) in [6.45, 7) is 0.321. The van der Waals surface area contributed by atoms with Gasteiger partial charge in [0.1, 0.15) is 4.83 Å². The minimum atomic E-state index is -0.464. The number of carbonyl (C=O) groups is 1. The number of hydrogen-bond donors (Lipinski definition) is 1. The molecule has 4 nitrogen and oxygen atoms in total. The van der Waals surface area contributed by atoms with Gasteiger partial charge in [0.15, 0.2) is 0 Å². The topological polar surface area (TPSA) is 62.1 Å². The van der Waals surface area contributed by atoms with Crippen molar-refractivity contribution >= 4 is 39.2 Å². The van der Waals surface area contributed by atoms with Crippen molar-refractivity contribution in [2.45, 2.75) is 4.83 Å². The number of alkyl halides is 1. The molecule has 17 heavy (non-hydrogen) atoms. The quantitative estimate of drug-likeness (QED) is 0.685. The third kappa shape index (κ3) is 3.91. The van der Waals surface area contributed by atoms with Crippen molar-refractivity contribution in [3.8, 4) is 6.07 Å². The molecule has 0 fully saturated rings. The van der Waals surface area contributed by atoms with Gasteiger partial charge >= 0.3 is 5.97 Å². The number of rotatable bonds is 4. The molecule has 1 aromatic rings. The number of nitrogens with zero attached hydrogens (tertiary/aromatic N) is 1. The zero-order valence-corrected chi connectivity index (χ0v) is 11.4. The summed E-state index contributed by atoms with van der Waals surface area (Å²) in [5, 5.41) is 12.2. The molecule has 0 heterocycles. The first-order valence-corrected chi connectivity index (χ1v) is 6.03. The molecular weight excluding hydrogens is 307 g/mol. The highest BCUT2D eigenvalue weighted by Gasteiger charge is 2.15. The second-order valence-corrected chi connectivity index (χ2v) is 4.69. The fraction of sp³-hybridized carbons (Fsp3) is 0.273. The van der Waals surface area contributed by atoms with Crippen LogP contribution < -0.4 is 5.32 Å². The van der Waals surface area contributed by atoms with E-state index in [0.29, 0.717) is 22.8 Å². The fourth-order valence-electron chi connectivity index (χ4n) is 1.14. The predicted octanol–water partition coefficient (Wildman–Crippen LogP) is 2.56. The standard InChI is InChI=1S/C11H10BrClN2O2/c1-17-11(16)8(12)6-15-10-4-7(5-14)2-3-9(10)13/h2-4,8,15H,6H2,1H3. The van der Waals surface area contributed by atoms with E-state index in [-0.39, 0.29) is 5.97 Å². The highest BCUT2D eigenvalue weighted by molar-refractivity contribution is 9.10. The zero-order chi connectivity index (χ0) is 12.8. The van der Waals surface area contributed by atoms with E-state index in [1.54, 1.807) is 18.2 Å². The van der Waals surface area contributed by atoms with Crippen LogP contribution in [0.25, 0.3) is 0 Å². The molecule has 0 amide bonds. The van der Waals surface area contributed by atoms with Gasteiger partial charge in [-0.1, -0.05) is 27.5 Å². The number of anilines is 1. The van der Waals surface area contributed by atoms with E-state index in [4.69, 9.17) is 16.9 Å². The van der Waals surface area contributed by atoms with Crippen molar-refractivity contribution in [3.63, 3.8) is 0 Å².